The lowest BCUT2D eigenvalue weighted by Crippen LogP contribution is -2.27. The Morgan fingerprint density at radius 2 is 1.81 bits per heavy atom. The van der Waals surface area contributed by atoms with E-state index in [1.165, 1.54) is 6.07 Å². The molecule has 9 heteroatoms. The molecule has 0 spiro atoms. The minimum atomic E-state index is -4.42. The van der Waals surface area contributed by atoms with Crippen molar-refractivity contribution in [2.75, 3.05) is 18.4 Å². The van der Waals surface area contributed by atoms with E-state index in [2.05, 4.69) is 25.6 Å². The predicted octanol–water partition coefficient (Wildman–Crippen LogP) is 4.59. The summed E-state index contributed by atoms with van der Waals surface area (Å²) >= 11 is 0. The van der Waals surface area contributed by atoms with Gasteiger partial charge in [0.1, 0.15) is 5.82 Å². The molecule has 0 unspecified atom stereocenters. The number of nitrogens with zero attached hydrogens (tertiary/aromatic N) is 3. The van der Waals surface area contributed by atoms with Crippen LogP contribution in [0.15, 0.2) is 36.5 Å². The van der Waals surface area contributed by atoms with Gasteiger partial charge < -0.3 is 15.6 Å². The number of H-pyrrole nitrogens is 1. The Balaban J connectivity index is 1.58. The maximum atomic E-state index is 13.3. The fourth-order valence-corrected chi connectivity index (χ4v) is 3.90. The van der Waals surface area contributed by atoms with Gasteiger partial charge in [0.25, 0.3) is 0 Å². The molecule has 162 valence electrons. The van der Waals surface area contributed by atoms with Crippen LogP contribution in [0.5, 0.6) is 0 Å². The van der Waals surface area contributed by atoms with Crippen molar-refractivity contribution in [2.24, 2.45) is 0 Å². The highest BCUT2D eigenvalue weighted by Gasteiger charge is 2.31. The summed E-state index contributed by atoms with van der Waals surface area (Å²) in [5.41, 5.74) is 1.43. The third kappa shape index (κ3) is 4.41. The highest BCUT2D eigenvalue weighted by molar-refractivity contribution is 5.77. The number of alkyl halides is 3. The summed E-state index contributed by atoms with van der Waals surface area (Å²) in [5.74, 6) is 1.54. The van der Waals surface area contributed by atoms with Gasteiger partial charge in [0.05, 0.1) is 22.6 Å². The van der Waals surface area contributed by atoms with Gasteiger partial charge in [-0.25, -0.2) is 15.0 Å². The van der Waals surface area contributed by atoms with Crippen molar-refractivity contribution in [1.29, 1.82) is 0 Å². The zero-order valence-electron chi connectivity index (χ0n) is 16.8. The zero-order valence-corrected chi connectivity index (χ0v) is 16.8. The van der Waals surface area contributed by atoms with E-state index in [9.17, 15) is 13.2 Å². The third-order valence-corrected chi connectivity index (χ3v) is 5.73. The number of rotatable bonds is 5. The van der Waals surface area contributed by atoms with Crippen LogP contribution in [0.4, 0.5) is 19.1 Å². The molecule has 31 heavy (non-hydrogen) atoms. The molecule has 2 aliphatic rings. The second-order valence-electron chi connectivity index (χ2n) is 8.13. The minimum Gasteiger partial charge on any atom is -0.351 e. The number of aromatic amines is 1. The molecule has 1 saturated heterocycles. The second-order valence-corrected chi connectivity index (χ2v) is 8.13. The highest BCUT2D eigenvalue weighted by atomic mass is 19.4. The third-order valence-electron chi connectivity index (χ3n) is 5.73. The lowest BCUT2D eigenvalue weighted by Gasteiger charge is -2.20. The number of hydrogen-bond donors (Lipinski definition) is 3. The maximum Gasteiger partial charge on any atom is 0.416 e. The molecule has 2 aromatic heterocycles. The monoisotopic (exact) mass is 428 g/mol. The SMILES string of the molecule is FC(F)(F)c1cccc(-c2nc(C3CCNCC3)[nH]c2-c2ccnc(NC3CC3)n2)c1. The Morgan fingerprint density at radius 3 is 2.55 bits per heavy atom. The van der Waals surface area contributed by atoms with Crippen LogP contribution < -0.4 is 10.6 Å². The summed E-state index contributed by atoms with van der Waals surface area (Å²) in [6, 6.07) is 7.45. The lowest BCUT2D eigenvalue weighted by atomic mass is 9.98. The maximum absolute atomic E-state index is 13.3. The number of aromatic nitrogens is 4. The van der Waals surface area contributed by atoms with Crippen LogP contribution in [0.2, 0.25) is 0 Å². The van der Waals surface area contributed by atoms with Crippen LogP contribution in [0, 0.1) is 0 Å². The molecular formula is C22H23F3N6. The van der Waals surface area contributed by atoms with Gasteiger partial charge in [-0.2, -0.15) is 13.2 Å². The smallest absolute Gasteiger partial charge is 0.351 e. The van der Waals surface area contributed by atoms with Crippen molar-refractivity contribution in [3.63, 3.8) is 0 Å². The first kappa shape index (κ1) is 20.0. The molecule has 0 bridgehead atoms. The highest BCUT2D eigenvalue weighted by Crippen LogP contribution is 2.37. The molecule has 1 aromatic carbocycles. The number of hydrogen-bond acceptors (Lipinski definition) is 5. The summed E-state index contributed by atoms with van der Waals surface area (Å²) in [7, 11) is 0. The summed E-state index contributed by atoms with van der Waals surface area (Å²) < 4.78 is 40.0. The molecule has 1 aliphatic carbocycles. The lowest BCUT2D eigenvalue weighted by molar-refractivity contribution is -0.137. The Morgan fingerprint density at radius 1 is 1.00 bits per heavy atom. The van der Waals surface area contributed by atoms with Crippen molar-refractivity contribution in [3.05, 3.63) is 47.9 Å². The molecule has 0 radical (unpaired) electrons. The second kappa shape index (κ2) is 7.96. The van der Waals surface area contributed by atoms with Crippen LogP contribution in [-0.4, -0.2) is 39.1 Å². The van der Waals surface area contributed by atoms with Gasteiger partial charge in [-0.3, -0.25) is 0 Å². The summed E-state index contributed by atoms with van der Waals surface area (Å²) in [5, 5.41) is 6.60. The van der Waals surface area contributed by atoms with Crippen molar-refractivity contribution < 1.29 is 13.2 Å². The van der Waals surface area contributed by atoms with Crippen molar-refractivity contribution in [3.8, 4) is 22.6 Å². The van der Waals surface area contributed by atoms with E-state index in [0.29, 0.717) is 34.6 Å². The molecule has 2 fully saturated rings. The number of anilines is 1. The van der Waals surface area contributed by atoms with Crippen LogP contribution in [0.3, 0.4) is 0 Å². The number of halogens is 3. The van der Waals surface area contributed by atoms with Gasteiger partial charge in [0.15, 0.2) is 0 Å². The van der Waals surface area contributed by atoms with Crippen LogP contribution in [0.25, 0.3) is 22.6 Å². The van der Waals surface area contributed by atoms with Gasteiger partial charge in [0, 0.05) is 23.7 Å². The molecule has 3 heterocycles. The Kier molecular flexibility index (Phi) is 5.13. The molecule has 3 aromatic rings. The fraction of sp³-hybridized carbons (Fsp3) is 0.409. The predicted molar refractivity (Wildman–Crippen MR) is 112 cm³/mol. The van der Waals surface area contributed by atoms with Crippen molar-refractivity contribution >= 4 is 5.95 Å². The van der Waals surface area contributed by atoms with E-state index in [1.807, 2.05) is 0 Å². The van der Waals surface area contributed by atoms with E-state index >= 15 is 0 Å². The normalized spacial score (nSPS) is 17.6. The summed E-state index contributed by atoms with van der Waals surface area (Å²) in [6.07, 6.45) is 1.27. The summed E-state index contributed by atoms with van der Waals surface area (Å²) in [4.78, 5) is 17.0. The van der Waals surface area contributed by atoms with Gasteiger partial charge in [-0.1, -0.05) is 12.1 Å². The van der Waals surface area contributed by atoms with Crippen molar-refractivity contribution in [1.82, 2.24) is 25.3 Å². The standard InChI is InChI=1S/C22H23F3N6/c23-22(24,25)15-3-1-2-14(12-15)18-19(31-20(30-18)13-6-9-26-10-7-13)17-8-11-27-21(29-17)28-16-4-5-16/h1-3,8,11-13,16,26H,4-7,9-10H2,(H,30,31)(H,27,28,29). The average Bonchev–Trinajstić information content (AvgIpc) is 3.47. The average molecular weight is 428 g/mol. The Hall–Kier alpha value is -2.94. The number of nitrogens with one attached hydrogen (secondary N) is 3. The zero-order chi connectivity index (χ0) is 21.4. The molecule has 3 N–H and O–H groups in total. The van der Waals surface area contributed by atoms with Crippen LogP contribution >= 0.6 is 0 Å². The van der Waals surface area contributed by atoms with Gasteiger partial charge in [0.2, 0.25) is 5.95 Å². The van der Waals surface area contributed by atoms with Gasteiger partial charge >= 0.3 is 6.18 Å². The fourth-order valence-electron chi connectivity index (χ4n) is 3.90. The first-order valence-electron chi connectivity index (χ1n) is 10.6. The van der Waals surface area contributed by atoms with Gasteiger partial charge in [-0.15, -0.1) is 0 Å². The molecular weight excluding hydrogens is 405 g/mol. The van der Waals surface area contributed by atoms with Crippen molar-refractivity contribution in [2.45, 2.75) is 43.8 Å². The Bertz CT molecular complexity index is 1070. The number of piperidine rings is 1. The van der Waals surface area contributed by atoms with E-state index < -0.39 is 11.7 Å². The summed E-state index contributed by atoms with van der Waals surface area (Å²) in [6.45, 7) is 1.78. The molecule has 0 atom stereocenters. The van der Waals surface area contributed by atoms with Crippen LogP contribution in [0.1, 0.15) is 43.0 Å². The van der Waals surface area contributed by atoms with E-state index in [1.54, 1.807) is 18.3 Å². The molecule has 6 nitrogen and oxygen atoms in total. The quantitative estimate of drug-likeness (QED) is 0.554. The molecule has 0 amide bonds. The van der Waals surface area contributed by atoms with Gasteiger partial charge in [-0.05, 0) is 57.0 Å². The molecule has 1 aliphatic heterocycles. The molecule has 1 saturated carbocycles. The van der Waals surface area contributed by atoms with Crippen LogP contribution in [-0.2, 0) is 6.18 Å². The first-order chi connectivity index (χ1) is 15.0. The van der Waals surface area contributed by atoms with E-state index in [0.717, 1.165) is 56.7 Å². The topological polar surface area (TPSA) is 78.5 Å². The number of benzene rings is 1. The first-order valence-corrected chi connectivity index (χ1v) is 10.6. The van der Waals surface area contributed by atoms with E-state index in [-0.39, 0.29) is 5.92 Å². The number of imidazole rings is 1. The largest absolute Gasteiger partial charge is 0.416 e. The molecule has 5 rings (SSSR count). The minimum absolute atomic E-state index is 0.227. The Labute approximate surface area is 177 Å². The van der Waals surface area contributed by atoms with E-state index in [4.69, 9.17) is 4.98 Å².